The zero-order chi connectivity index (χ0) is 13.8. The van der Waals surface area contributed by atoms with E-state index in [1.807, 2.05) is 32.3 Å². The van der Waals surface area contributed by atoms with Crippen molar-refractivity contribution in [2.75, 3.05) is 7.05 Å². The molecular weight excluding hydrogens is 236 g/mol. The van der Waals surface area contributed by atoms with Crippen LogP contribution in [0.4, 0.5) is 0 Å². The van der Waals surface area contributed by atoms with Gasteiger partial charge in [0.25, 0.3) is 0 Å². The zero-order valence-corrected chi connectivity index (χ0v) is 11.9. The topological polar surface area (TPSA) is 34.2 Å². The second-order valence-electron chi connectivity index (χ2n) is 4.92. The Bertz CT molecular complexity index is 559. The van der Waals surface area contributed by atoms with E-state index in [0.29, 0.717) is 5.88 Å². The molecule has 2 aromatic rings. The largest absolute Gasteiger partial charge is 0.439 e. The smallest absolute Gasteiger partial charge is 0.222 e. The van der Waals surface area contributed by atoms with E-state index in [1.54, 1.807) is 0 Å². The van der Waals surface area contributed by atoms with Crippen LogP contribution in [0.3, 0.4) is 0 Å². The zero-order valence-electron chi connectivity index (χ0n) is 11.9. The minimum Gasteiger partial charge on any atom is -0.439 e. The molecule has 1 N–H and O–H groups in total. The number of benzene rings is 1. The molecule has 1 heterocycles. The summed E-state index contributed by atoms with van der Waals surface area (Å²) in [7, 11) is 1.93. The van der Waals surface area contributed by atoms with E-state index >= 15 is 0 Å². The SMILES string of the molecule is CNCc1cnc(Oc2cc(C)cc(C)c2)c(C)c1. The molecule has 1 aromatic heterocycles. The Morgan fingerprint density at radius 1 is 1.05 bits per heavy atom. The van der Waals surface area contributed by atoms with Crippen LogP contribution in [0.15, 0.2) is 30.5 Å². The quantitative estimate of drug-likeness (QED) is 0.908. The monoisotopic (exact) mass is 256 g/mol. The van der Waals surface area contributed by atoms with Crippen molar-refractivity contribution in [2.24, 2.45) is 0 Å². The van der Waals surface area contributed by atoms with E-state index in [4.69, 9.17) is 4.74 Å². The summed E-state index contributed by atoms with van der Waals surface area (Å²) in [5, 5.41) is 3.11. The molecular formula is C16H20N2O. The molecule has 0 aliphatic carbocycles. The highest BCUT2D eigenvalue weighted by molar-refractivity contribution is 5.37. The standard InChI is InChI=1S/C16H20N2O/c1-11-5-12(2)7-15(6-11)19-16-13(3)8-14(9-17-4)10-18-16/h5-8,10,17H,9H2,1-4H3. The predicted molar refractivity (Wildman–Crippen MR) is 77.7 cm³/mol. The maximum atomic E-state index is 5.87. The number of hydrogen-bond donors (Lipinski definition) is 1. The minimum absolute atomic E-state index is 0.671. The number of aryl methyl sites for hydroxylation is 3. The summed E-state index contributed by atoms with van der Waals surface area (Å²) in [6.45, 7) is 6.97. The Labute approximate surface area is 114 Å². The van der Waals surface area contributed by atoms with Crippen molar-refractivity contribution in [3.63, 3.8) is 0 Å². The molecule has 19 heavy (non-hydrogen) atoms. The number of aromatic nitrogens is 1. The van der Waals surface area contributed by atoms with Gasteiger partial charge in [-0.1, -0.05) is 6.07 Å². The second-order valence-corrected chi connectivity index (χ2v) is 4.92. The molecule has 0 amide bonds. The summed E-state index contributed by atoms with van der Waals surface area (Å²) >= 11 is 0. The van der Waals surface area contributed by atoms with Gasteiger partial charge < -0.3 is 10.1 Å². The lowest BCUT2D eigenvalue weighted by molar-refractivity contribution is 0.457. The van der Waals surface area contributed by atoms with Crippen LogP contribution in [0.1, 0.15) is 22.3 Å². The van der Waals surface area contributed by atoms with Gasteiger partial charge in [0.05, 0.1) is 0 Å². The van der Waals surface area contributed by atoms with Crippen molar-refractivity contribution in [2.45, 2.75) is 27.3 Å². The van der Waals surface area contributed by atoms with Crippen molar-refractivity contribution in [3.8, 4) is 11.6 Å². The first kappa shape index (κ1) is 13.6. The van der Waals surface area contributed by atoms with Gasteiger partial charge in [-0.2, -0.15) is 0 Å². The Hall–Kier alpha value is -1.87. The van der Waals surface area contributed by atoms with Crippen molar-refractivity contribution in [1.29, 1.82) is 0 Å². The van der Waals surface area contributed by atoms with Gasteiger partial charge in [-0.25, -0.2) is 4.98 Å². The molecule has 0 aliphatic heterocycles. The third-order valence-electron chi connectivity index (χ3n) is 2.88. The van der Waals surface area contributed by atoms with Crippen LogP contribution >= 0.6 is 0 Å². The van der Waals surface area contributed by atoms with Gasteiger partial charge in [-0.05, 0) is 62.7 Å². The molecule has 0 saturated carbocycles. The summed E-state index contributed by atoms with van der Waals surface area (Å²) in [5.41, 5.74) is 4.60. The van der Waals surface area contributed by atoms with Crippen LogP contribution in [-0.4, -0.2) is 12.0 Å². The van der Waals surface area contributed by atoms with Crippen LogP contribution in [-0.2, 0) is 6.54 Å². The van der Waals surface area contributed by atoms with Gasteiger partial charge in [-0.3, -0.25) is 0 Å². The second kappa shape index (κ2) is 5.85. The molecule has 0 spiro atoms. The Morgan fingerprint density at radius 2 is 1.74 bits per heavy atom. The predicted octanol–water partition coefficient (Wildman–Crippen LogP) is 3.52. The fourth-order valence-corrected chi connectivity index (χ4v) is 2.13. The molecule has 3 nitrogen and oxygen atoms in total. The van der Waals surface area contributed by atoms with Crippen LogP contribution in [0.25, 0.3) is 0 Å². The van der Waals surface area contributed by atoms with E-state index in [-0.39, 0.29) is 0 Å². The molecule has 100 valence electrons. The minimum atomic E-state index is 0.671. The number of rotatable bonds is 4. The number of ether oxygens (including phenoxy) is 1. The van der Waals surface area contributed by atoms with Crippen molar-refractivity contribution < 1.29 is 4.74 Å². The van der Waals surface area contributed by atoms with Crippen molar-refractivity contribution >= 4 is 0 Å². The van der Waals surface area contributed by atoms with Gasteiger partial charge >= 0.3 is 0 Å². The van der Waals surface area contributed by atoms with Crippen LogP contribution in [0.5, 0.6) is 11.6 Å². The highest BCUT2D eigenvalue weighted by atomic mass is 16.5. The molecule has 0 bridgehead atoms. The van der Waals surface area contributed by atoms with E-state index in [1.165, 1.54) is 11.1 Å². The fourth-order valence-electron chi connectivity index (χ4n) is 2.13. The van der Waals surface area contributed by atoms with Crippen molar-refractivity contribution in [3.05, 3.63) is 52.7 Å². The van der Waals surface area contributed by atoms with E-state index in [9.17, 15) is 0 Å². The van der Waals surface area contributed by atoms with Gasteiger partial charge in [0.15, 0.2) is 0 Å². The lowest BCUT2D eigenvalue weighted by Crippen LogP contribution is -2.06. The summed E-state index contributed by atoms with van der Waals surface area (Å²) in [6, 6.07) is 8.27. The molecule has 0 atom stereocenters. The highest BCUT2D eigenvalue weighted by Gasteiger charge is 2.05. The normalized spacial score (nSPS) is 10.5. The third kappa shape index (κ3) is 3.55. The molecule has 0 saturated heterocycles. The molecule has 3 heteroatoms. The molecule has 0 unspecified atom stereocenters. The van der Waals surface area contributed by atoms with Gasteiger partial charge in [0.1, 0.15) is 5.75 Å². The first-order valence-corrected chi connectivity index (χ1v) is 6.45. The highest BCUT2D eigenvalue weighted by Crippen LogP contribution is 2.25. The summed E-state index contributed by atoms with van der Waals surface area (Å²) in [6.07, 6.45) is 1.85. The molecule has 2 rings (SSSR count). The third-order valence-corrected chi connectivity index (χ3v) is 2.88. The maximum absolute atomic E-state index is 5.87. The van der Waals surface area contributed by atoms with Gasteiger partial charge in [0, 0.05) is 18.3 Å². The summed E-state index contributed by atoms with van der Waals surface area (Å²) in [4.78, 5) is 4.39. The fraction of sp³-hybridized carbons (Fsp3) is 0.312. The van der Waals surface area contributed by atoms with E-state index in [0.717, 1.165) is 23.4 Å². The van der Waals surface area contributed by atoms with Gasteiger partial charge in [-0.15, -0.1) is 0 Å². The summed E-state index contributed by atoms with van der Waals surface area (Å²) < 4.78 is 5.87. The van der Waals surface area contributed by atoms with E-state index in [2.05, 4.69) is 36.3 Å². The Kier molecular flexibility index (Phi) is 4.17. The average molecular weight is 256 g/mol. The number of nitrogens with zero attached hydrogens (tertiary/aromatic N) is 1. The van der Waals surface area contributed by atoms with Crippen molar-refractivity contribution in [1.82, 2.24) is 10.3 Å². The first-order chi connectivity index (χ1) is 9.08. The van der Waals surface area contributed by atoms with Gasteiger partial charge in [0.2, 0.25) is 5.88 Å². The van der Waals surface area contributed by atoms with Crippen LogP contribution in [0, 0.1) is 20.8 Å². The summed E-state index contributed by atoms with van der Waals surface area (Å²) in [5.74, 6) is 1.51. The number of nitrogens with one attached hydrogen (secondary N) is 1. The lowest BCUT2D eigenvalue weighted by atomic mass is 10.1. The van der Waals surface area contributed by atoms with Crippen LogP contribution < -0.4 is 10.1 Å². The average Bonchev–Trinajstić information content (AvgIpc) is 2.32. The first-order valence-electron chi connectivity index (χ1n) is 6.45. The van der Waals surface area contributed by atoms with Crippen LogP contribution in [0.2, 0.25) is 0 Å². The van der Waals surface area contributed by atoms with E-state index < -0.39 is 0 Å². The lowest BCUT2D eigenvalue weighted by Gasteiger charge is -2.10. The Morgan fingerprint density at radius 3 is 2.32 bits per heavy atom. The molecule has 1 aromatic carbocycles. The number of pyridine rings is 1. The molecule has 0 fully saturated rings. The Balaban J connectivity index is 2.23. The number of hydrogen-bond acceptors (Lipinski definition) is 3. The maximum Gasteiger partial charge on any atom is 0.222 e. The molecule has 0 aliphatic rings. The molecule has 0 radical (unpaired) electrons.